The number of hydrogen-bond acceptors (Lipinski definition) is 4. The molecule has 0 spiro atoms. The molecule has 0 aliphatic carbocycles. The van der Waals surface area contributed by atoms with Gasteiger partial charge in [0.1, 0.15) is 5.82 Å². The van der Waals surface area contributed by atoms with Gasteiger partial charge in [0.2, 0.25) is 0 Å². The number of anilines is 1. The van der Waals surface area contributed by atoms with Crippen LogP contribution in [-0.4, -0.2) is 50.8 Å². The average molecular weight is 314 g/mol. The lowest BCUT2D eigenvalue weighted by atomic mass is 10.5. The SMILES string of the molecule is CN(CCNc1ccn2ncc(Br)c2n1)C(=O)O. The number of likely N-dealkylation sites (N-methyl/N-ethyl adjacent to an activating group) is 1. The third kappa shape index (κ3) is 2.70. The van der Waals surface area contributed by atoms with Crippen LogP contribution in [0.4, 0.5) is 10.6 Å². The second-order valence-corrected chi connectivity index (χ2v) is 4.56. The van der Waals surface area contributed by atoms with Crippen LogP contribution in [0.2, 0.25) is 0 Å². The van der Waals surface area contributed by atoms with Gasteiger partial charge in [-0.1, -0.05) is 0 Å². The molecule has 2 aromatic heterocycles. The van der Waals surface area contributed by atoms with Crippen LogP contribution in [0.15, 0.2) is 22.9 Å². The molecule has 2 rings (SSSR count). The van der Waals surface area contributed by atoms with E-state index in [1.165, 1.54) is 11.9 Å². The molecule has 0 aliphatic heterocycles. The highest BCUT2D eigenvalue weighted by Gasteiger charge is 2.06. The second-order valence-electron chi connectivity index (χ2n) is 3.70. The zero-order chi connectivity index (χ0) is 13.1. The molecule has 96 valence electrons. The summed E-state index contributed by atoms with van der Waals surface area (Å²) >= 11 is 3.35. The molecule has 2 aromatic rings. The van der Waals surface area contributed by atoms with Gasteiger partial charge in [0.25, 0.3) is 0 Å². The van der Waals surface area contributed by atoms with Gasteiger partial charge in [0.05, 0.1) is 10.7 Å². The monoisotopic (exact) mass is 313 g/mol. The minimum Gasteiger partial charge on any atom is -0.465 e. The molecule has 0 radical (unpaired) electrons. The predicted molar refractivity (Wildman–Crippen MR) is 69.8 cm³/mol. The van der Waals surface area contributed by atoms with Crippen molar-refractivity contribution in [1.29, 1.82) is 0 Å². The molecule has 0 saturated heterocycles. The summed E-state index contributed by atoms with van der Waals surface area (Å²) in [6, 6.07) is 1.78. The fourth-order valence-corrected chi connectivity index (χ4v) is 1.75. The first kappa shape index (κ1) is 12.6. The summed E-state index contributed by atoms with van der Waals surface area (Å²) in [6.45, 7) is 0.889. The van der Waals surface area contributed by atoms with E-state index < -0.39 is 6.09 Å². The molecule has 0 aliphatic rings. The maximum Gasteiger partial charge on any atom is 0.407 e. The van der Waals surface area contributed by atoms with E-state index >= 15 is 0 Å². The van der Waals surface area contributed by atoms with Crippen molar-refractivity contribution in [3.05, 3.63) is 22.9 Å². The number of aromatic nitrogens is 3. The Hall–Kier alpha value is -1.83. The van der Waals surface area contributed by atoms with Crippen molar-refractivity contribution >= 4 is 33.5 Å². The number of carboxylic acid groups (broad SMARTS) is 1. The maximum absolute atomic E-state index is 10.6. The Labute approximate surface area is 112 Å². The van der Waals surface area contributed by atoms with Gasteiger partial charge in [-0.25, -0.2) is 14.3 Å². The molecule has 0 unspecified atom stereocenters. The number of hydrogen-bond donors (Lipinski definition) is 2. The molecule has 1 amide bonds. The first-order chi connectivity index (χ1) is 8.58. The normalized spacial score (nSPS) is 10.6. The number of amides is 1. The van der Waals surface area contributed by atoms with Crippen molar-refractivity contribution < 1.29 is 9.90 Å². The van der Waals surface area contributed by atoms with Crippen molar-refractivity contribution in [1.82, 2.24) is 19.5 Å². The summed E-state index contributed by atoms with van der Waals surface area (Å²) in [5.41, 5.74) is 0.714. The second kappa shape index (κ2) is 5.21. The Balaban J connectivity index is 1.99. The lowest BCUT2D eigenvalue weighted by Gasteiger charge is -2.13. The number of fused-ring (bicyclic) bond motifs is 1. The molecule has 0 aromatic carbocycles. The van der Waals surface area contributed by atoms with Gasteiger partial charge >= 0.3 is 6.09 Å². The topological polar surface area (TPSA) is 82.8 Å². The van der Waals surface area contributed by atoms with E-state index in [9.17, 15) is 4.79 Å². The molecule has 7 nitrogen and oxygen atoms in total. The Morgan fingerprint density at radius 2 is 2.44 bits per heavy atom. The smallest absolute Gasteiger partial charge is 0.407 e. The summed E-state index contributed by atoms with van der Waals surface area (Å²) in [4.78, 5) is 16.2. The van der Waals surface area contributed by atoms with E-state index in [1.807, 2.05) is 0 Å². The van der Waals surface area contributed by atoms with Crippen LogP contribution in [-0.2, 0) is 0 Å². The minimum absolute atomic E-state index is 0.391. The van der Waals surface area contributed by atoms with E-state index in [4.69, 9.17) is 5.11 Å². The highest BCUT2D eigenvalue weighted by Crippen LogP contribution is 2.16. The average Bonchev–Trinajstić information content (AvgIpc) is 2.71. The highest BCUT2D eigenvalue weighted by molar-refractivity contribution is 9.10. The highest BCUT2D eigenvalue weighted by atomic mass is 79.9. The summed E-state index contributed by atoms with van der Waals surface area (Å²) in [5.74, 6) is 0.683. The largest absolute Gasteiger partial charge is 0.465 e. The number of carbonyl (C=O) groups is 1. The van der Waals surface area contributed by atoms with Crippen molar-refractivity contribution in [3.8, 4) is 0 Å². The lowest BCUT2D eigenvalue weighted by molar-refractivity contribution is 0.157. The van der Waals surface area contributed by atoms with Crippen LogP contribution < -0.4 is 5.32 Å². The van der Waals surface area contributed by atoms with Gasteiger partial charge in [-0.15, -0.1) is 0 Å². The zero-order valence-electron chi connectivity index (χ0n) is 9.67. The number of rotatable bonds is 4. The van der Waals surface area contributed by atoms with Crippen LogP contribution in [0.3, 0.4) is 0 Å². The van der Waals surface area contributed by atoms with E-state index in [1.54, 1.807) is 23.0 Å². The Morgan fingerprint density at radius 1 is 1.67 bits per heavy atom. The van der Waals surface area contributed by atoms with Crippen LogP contribution in [0.5, 0.6) is 0 Å². The standard InChI is InChI=1S/C10H12BrN5O2/c1-15(10(17)18)5-3-12-8-2-4-16-9(14-8)7(11)6-13-16/h2,4,6H,3,5H2,1H3,(H,12,14)(H,17,18). The van der Waals surface area contributed by atoms with Crippen molar-refractivity contribution in [2.24, 2.45) is 0 Å². The zero-order valence-corrected chi connectivity index (χ0v) is 11.3. The molecule has 0 atom stereocenters. The number of nitrogens with zero attached hydrogens (tertiary/aromatic N) is 4. The molecule has 2 heterocycles. The molecule has 2 N–H and O–H groups in total. The first-order valence-electron chi connectivity index (χ1n) is 5.26. The van der Waals surface area contributed by atoms with Crippen LogP contribution in [0.1, 0.15) is 0 Å². The molecular formula is C10H12BrN5O2. The van der Waals surface area contributed by atoms with Crippen molar-refractivity contribution in [2.45, 2.75) is 0 Å². The van der Waals surface area contributed by atoms with E-state index in [0.29, 0.717) is 24.6 Å². The third-order valence-electron chi connectivity index (χ3n) is 2.41. The minimum atomic E-state index is -0.946. The Morgan fingerprint density at radius 3 is 3.17 bits per heavy atom. The summed E-state index contributed by atoms with van der Waals surface area (Å²) in [5, 5.41) is 15.8. The molecule has 0 bridgehead atoms. The quantitative estimate of drug-likeness (QED) is 0.894. The van der Waals surface area contributed by atoms with Gasteiger partial charge in [-0.05, 0) is 22.0 Å². The Kier molecular flexibility index (Phi) is 3.66. The van der Waals surface area contributed by atoms with Gasteiger partial charge in [0.15, 0.2) is 5.65 Å². The third-order valence-corrected chi connectivity index (χ3v) is 2.97. The van der Waals surface area contributed by atoms with Gasteiger partial charge in [-0.2, -0.15) is 5.10 Å². The molecule has 0 fully saturated rings. The predicted octanol–water partition coefficient (Wildman–Crippen LogP) is 1.51. The number of nitrogens with one attached hydrogen (secondary N) is 1. The van der Waals surface area contributed by atoms with Gasteiger partial charge in [-0.3, -0.25) is 0 Å². The van der Waals surface area contributed by atoms with E-state index in [2.05, 4.69) is 31.3 Å². The van der Waals surface area contributed by atoms with Crippen molar-refractivity contribution in [2.75, 3.05) is 25.5 Å². The Bertz CT molecular complexity index is 570. The van der Waals surface area contributed by atoms with Crippen LogP contribution in [0.25, 0.3) is 5.65 Å². The molecular weight excluding hydrogens is 302 g/mol. The van der Waals surface area contributed by atoms with E-state index in [0.717, 1.165) is 4.47 Å². The summed E-state index contributed by atoms with van der Waals surface area (Å²) in [7, 11) is 1.52. The lowest BCUT2D eigenvalue weighted by Crippen LogP contribution is -2.29. The molecule has 8 heteroatoms. The van der Waals surface area contributed by atoms with Crippen LogP contribution in [0, 0.1) is 0 Å². The van der Waals surface area contributed by atoms with Crippen molar-refractivity contribution in [3.63, 3.8) is 0 Å². The molecule has 0 saturated carbocycles. The van der Waals surface area contributed by atoms with E-state index in [-0.39, 0.29) is 0 Å². The fourth-order valence-electron chi connectivity index (χ4n) is 1.39. The maximum atomic E-state index is 10.6. The first-order valence-corrected chi connectivity index (χ1v) is 6.05. The van der Waals surface area contributed by atoms with Gasteiger partial charge < -0.3 is 15.3 Å². The molecule has 18 heavy (non-hydrogen) atoms. The summed E-state index contributed by atoms with van der Waals surface area (Å²) in [6.07, 6.45) is 2.51. The number of halogens is 1. The summed E-state index contributed by atoms with van der Waals surface area (Å²) < 4.78 is 2.47. The van der Waals surface area contributed by atoms with Gasteiger partial charge in [0, 0.05) is 26.3 Å². The van der Waals surface area contributed by atoms with Crippen LogP contribution >= 0.6 is 15.9 Å². The fraction of sp³-hybridized carbons (Fsp3) is 0.300.